The monoisotopic (exact) mass is 423 g/mol. The van der Waals surface area contributed by atoms with E-state index in [0.717, 1.165) is 55.5 Å². The first-order valence-corrected chi connectivity index (χ1v) is 12.1. The Bertz CT molecular complexity index is 933. The van der Waals surface area contributed by atoms with Gasteiger partial charge in [-0.05, 0) is 62.6 Å². The molecule has 2 amide bonds. The van der Waals surface area contributed by atoms with Gasteiger partial charge in [0, 0.05) is 37.0 Å². The number of nitrogens with one attached hydrogen (secondary N) is 1. The van der Waals surface area contributed by atoms with Crippen molar-refractivity contribution in [1.82, 2.24) is 15.2 Å². The summed E-state index contributed by atoms with van der Waals surface area (Å²) in [7, 11) is 0. The lowest BCUT2D eigenvalue weighted by atomic mass is 9.92. The molecule has 166 valence electrons. The van der Waals surface area contributed by atoms with Gasteiger partial charge in [0.2, 0.25) is 5.91 Å². The van der Waals surface area contributed by atoms with Crippen molar-refractivity contribution >= 4 is 22.9 Å². The first-order chi connectivity index (χ1) is 15.2. The minimum absolute atomic E-state index is 0.0548. The second kappa shape index (κ2) is 9.01. The quantitative estimate of drug-likeness (QED) is 0.702. The average Bonchev–Trinajstić information content (AvgIpc) is 3.58. The third-order valence-electron chi connectivity index (χ3n) is 7.17. The van der Waals surface area contributed by atoms with Gasteiger partial charge in [-0.25, -0.2) is 4.98 Å². The molecule has 0 bridgehead atoms. The zero-order valence-electron chi connectivity index (χ0n) is 18.3. The molecule has 5 rings (SSSR count). The Morgan fingerprint density at radius 1 is 1.00 bits per heavy atom. The predicted molar refractivity (Wildman–Crippen MR) is 119 cm³/mol. The van der Waals surface area contributed by atoms with Crippen LogP contribution in [0.1, 0.15) is 92.8 Å². The first-order valence-electron chi connectivity index (χ1n) is 12.1. The van der Waals surface area contributed by atoms with E-state index in [1.54, 1.807) is 0 Å². The molecule has 0 atom stereocenters. The fraction of sp³-hybridized carbons (Fsp3) is 0.640. The fourth-order valence-corrected chi connectivity index (χ4v) is 5.08. The topological polar surface area (TPSA) is 75.4 Å². The summed E-state index contributed by atoms with van der Waals surface area (Å²) in [5, 5.41) is 3.26. The molecule has 2 aromatic rings. The van der Waals surface area contributed by atoms with Crippen LogP contribution in [0, 0.1) is 5.92 Å². The van der Waals surface area contributed by atoms with Crippen LogP contribution in [0.4, 0.5) is 0 Å². The summed E-state index contributed by atoms with van der Waals surface area (Å²) in [4.78, 5) is 32.0. The molecular weight excluding hydrogens is 390 g/mol. The standard InChI is InChI=1S/C25H33N3O3/c29-23(26-20-5-3-1-2-4-6-20)15-17-11-13-28(14-12-17)25(30)19-9-10-22-21(16-19)27-24(31-22)18-7-8-18/h9-10,16-18,20H,1-8,11-15H2,(H,26,29). The summed E-state index contributed by atoms with van der Waals surface area (Å²) in [5.74, 6) is 1.89. The van der Waals surface area contributed by atoms with Gasteiger partial charge in [-0.2, -0.15) is 0 Å². The fourth-order valence-electron chi connectivity index (χ4n) is 5.08. The summed E-state index contributed by atoms with van der Waals surface area (Å²) >= 11 is 0. The number of hydrogen-bond donors (Lipinski definition) is 1. The molecule has 1 aromatic heterocycles. The molecule has 2 aliphatic carbocycles. The van der Waals surface area contributed by atoms with Gasteiger partial charge in [-0.1, -0.05) is 25.7 Å². The van der Waals surface area contributed by atoms with E-state index < -0.39 is 0 Å². The van der Waals surface area contributed by atoms with Gasteiger partial charge in [0.25, 0.3) is 5.91 Å². The van der Waals surface area contributed by atoms with Gasteiger partial charge in [-0.3, -0.25) is 9.59 Å². The molecule has 6 heteroatoms. The van der Waals surface area contributed by atoms with Crippen LogP contribution in [0.5, 0.6) is 0 Å². The van der Waals surface area contributed by atoms with Crippen molar-refractivity contribution in [3.63, 3.8) is 0 Å². The van der Waals surface area contributed by atoms with E-state index in [9.17, 15) is 9.59 Å². The second-order valence-corrected chi connectivity index (χ2v) is 9.70. The number of rotatable bonds is 5. The lowest BCUT2D eigenvalue weighted by Gasteiger charge is -2.32. The highest BCUT2D eigenvalue weighted by Crippen LogP contribution is 2.40. The molecular formula is C25H33N3O3. The van der Waals surface area contributed by atoms with Gasteiger partial charge in [0.1, 0.15) is 5.52 Å². The molecule has 6 nitrogen and oxygen atoms in total. The van der Waals surface area contributed by atoms with Crippen LogP contribution in [0.25, 0.3) is 11.1 Å². The molecule has 1 N–H and O–H groups in total. The zero-order chi connectivity index (χ0) is 21.2. The third kappa shape index (κ3) is 4.94. The minimum Gasteiger partial charge on any atom is -0.440 e. The lowest BCUT2D eigenvalue weighted by molar-refractivity contribution is -0.123. The Labute approximate surface area is 183 Å². The Morgan fingerprint density at radius 2 is 1.74 bits per heavy atom. The van der Waals surface area contributed by atoms with Crippen molar-refractivity contribution in [2.24, 2.45) is 5.92 Å². The van der Waals surface area contributed by atoms with Gasteiger partial charge < -0.3 is 14.6 Å². The number of nitrogens with zero attached hydrogens (tertiary/aromatic N) is 2. The van der Waals surface area contributed by atoms with E-state index in [-0.39, 0.29) is 11.8 Å². The SMILES string of the molecule is O=C(CC1CCN(C(=O)c2ccc3oc(C4CC4)nc3c2)CC1)NC1CCCCCC1. The zero-order valence-corrected chi connectivity index (χ0v) is 18.3. The van der Waals surface area contributed by atoms with Gasteiger partial charge in [-0.15, -0.1) is 0 Å². The van der Waals surface area contributed by atoms with Crippen molar-refractivity contribution in [3.8, 4) is 0 Å². The Hall–Kier alpha value is -2.37. The Morgan fingerprint density at radius 3 is 2.45 bits per heavy atom. The van der Waals surface area contributed by atoms with Crippen molar-refractivity contribution < 1.29 is 14.0 Å². The largest absolute Gasteiger partial charge is 0.440 e. The van der Waals surface area contributed by atoms with Crippen molar-refractivity contribution in [2.75, 3.05) is 13.1 Å². The van der Waals surface area contributed by atoms with Crippen molar-refractivity contribution in [2.45, 2.75) is 82.6 Å². The van der Waals surface area contributed by atoms with Crippen molar-refractivity contribution in [3.05, 3.63) is 29.7 Å². The van der Waals surface area contributed by atoms with Crippen LogP contribution < -0.4 is 5.32 Å². The molecule has 2 saturated carbocycles. The summed E-state index contributed by atoms with van der Waals surface area (Å²) in [6.07, 6.45) is 12.0. The van der Waals surface area contributed by atoms with Crippen LogP contribution in [0.2, 0.25) is 0 Å². The highest BCUT2D eigenvalue weighted by molar-refractivity contribution is 5.97. The number of carbonyl (C=O) groups is 2. The molecule has 0 radical (unpaired) electrons. The maximum atomic E-state index is 13.0. The summed E-state index contributed by atoms with van der Waals surface area (Å²) < 4.78 is 5.81. The molecule has 31 heavy (non-hydrogen) atoms. The van der Waals surface area contributed by atoms with Crippen LogP contribution >= 0.6 is 0 Å². The lowest BCUT2D eigenvalue weighted by Crippen LogP contribution is -2.41. The van der Waals surface area contributed by atoms with E-state index in [4.69, 9.17) is 4.42 Å². The smallest absolute Gasteiger partial charge is 0.253 e. The highest BCUT2D eigenvalue weighted by atomic mass is 16.3. The normalized spacial score (nSPS) is 21.2. The van der Waals surface area contributed by atoms with Crippen LogP contribution in [0.3, 0.4) is 0 Å². The van der Waals surface area contributed by atoms with Gasteiger partial charge in [0.15, 0.2) is 11.5 Å². The number of aromatic nitrogens is 1. The summed E-state index contributed by atoms with van der Waals surface area (Å²) in [6.45, 7) is 1.43. The highest BCUT2D eigenvalue weighted by Gasteiger charge is 2.30. The summed E-state index contributed by atoms with van der Waals surface area (Å²) in [5.41, 5.74) is 2.21. The van der Waals surface area contributed by atoms with Crippen LogP contribution in [0.15, 0.2) is 22.6 Å². The number of fused-ring (bicyclic) bond motifs is 1. The number of benzene rings is 1. The molecule has 2 heterocycles. The third-order valence-corrected chi connectivity index (χ3v) is 7.17. The van der Waals surface area contributed by atoms with E-state index in [1.165, 1.54) is 25.7 Å². The molecule has 1 saturated heterocycles. The van der Waals surface area contributed by atoms with Gasteiger partial charge >= 0.3 is 0 Å². The number of piperidine rings is 1. The van der Waals surface area contributed by atoms with Crippen molar-refractivity contribution in [1.29, 1.82) is 0 Å². The van der Waals surface area contributed by atoms with Gasteiger partial charge in [0.05, 0.1) is 0 Å². The van der Waals surface area contributed by atoms with E-state index in [0.29, 0.717) is 43.0 Å². The molecule has 1 aromatic carbocycles. The number of amides is 2. The van der Waals surface area contributed by atoms with E-state index in [2.05, 4.69) is 10.3 Å². The first kappa shape index (κ1) is 20.5. The van der Waals surface area contributed by atoms with Crippen LogP contribution in [-0.2, 0) is 4.79 Å². The molecule has 0 unspecified atom stereocenters. The molecule has 1 aliphatic heterocycles. The Kier molecular flexibility index (Phi) is 5.97. The maximum absolute atomic E-state index is 13.0. The van der Waals surface area contributed by atoms with Crippen LogP contribution in [-0.4, -0.2) is 40.8 Å². The number of likely N-dealkylation sites (tertiary alicyclic amines) is 1. The van der Waals surface area contributed by atoms with E-state index in [1.807, 2.05) is 23.1 Å². The predicted octanol–water partition coefficient (Wildman–Crippen LogP) is 4.79. The number of oxazole rings is 1. The summed E-state index contributed by atoms with van der Waals surface area (Å²) in [6, 6.07) is 5.94. The molecule has 3 aliphatic rings. The number of carbonyl (C=O) groups excluding carboxylic acids is 2. The maximum Gasteiger partial charge on any atom is 0.253 e. The second-order valence-electron chi connectivity index (χ2n) is 9.70. The van der Waals surface area contributed by atoms with E-state index >= 15 is 0 Å². The Balaban J connectivity index is 1.12. The minimum atomic E-state index is 0.0548. The molecule has 3 fully saturated rings. The average molecular weight is 424 g/mol. The number of hydrogen-bond acceptors (Lipinski definition) is 4. The molecule has 0 spiro atoms.